The van der Waals surface area contributed by atoms with Gasteiger partial charge >= 0.3 is 0 Å². The fraction of sp³-hybridized carbons (Fsp3) is 0.0455. The molecule has 1 heterocycles. The Hall–Kier alpha value is -4.05. The average Bonchev–Trinajstić information content (AvgIpc) is 3.24. The van der Waals surface area contributed by atoms with Crippen LogP contribution >= 0.6 is 0 Å². The maximum atomic E-state index is 13.1. The number of carbonyl (C=O) groups is 1. The first-order valence-corrected chi connectivity index (χ1v) is 10.9. The molecule has 2 N–H and O–H groups in total. The Bertz CT molecular complexity index is 1370. The Labute approximate surface area is 183 Å². The van der Waals surface area contributed by atoms with E-state index in [-0.39, 0.29) is 28.3 Å². The minimum Gasteiger partial charge on any atom is -0.334 e. The van der Waals surface area contributed by atoms with E-state index >= 15 is 0 Å². The number of benzene rings is 3. The molecule has 32 heavy (non-hydrogen) atoms. The van der Waals surface area contributed by atoms with E-state index in [4.69, 9.17) is 4.52 Å². The second-order valence-electron chi connectivity index (χ2n) is 6.82. The molecule has 0 aliphatic heterocycles. The Kier molecular flexibility index (Phi) is 5.69. The lowest BCUT2D eigenvalue weighted by Crippen LogP contribution is -2.13. The second-order valence-corrected chi connectivity index (χ2v) is 8.50. The molecule has 0 aliphatic rings. The molecular formula is C22H17FN4O4S. The van der Waals surface area contributed by atoms with Gasteiger partial charge in [0.1, 0.15) is 5.82 Å². The number of rotatable bonds is 6. The van der Waals surface area contributed by atoms with Crippen molar-refractivity contribution in [2.45, 2.75) is 11.8 Å². The number of aromatic nitrogens is 2. The standard InChI is InChI=1S/C22H17FN4O4S/c1-14(28)24-18-9-11-20(12-10-18)32(29,30)27-19-4-2-3-16(13-19)21-25-22(31-26-21)15-5-7-17(23)8-6-15/h2-13,27H,1H3,(H,24,28). The van der Waals surface area contributed by atoms with Gasteiger partial charge < -0.3 is 9.84 Å². The van der Waals surface area contributed by atoms with E-state index in [1.165, 1.54) is 55.5 Å². The van der Waals surface area contributed by atoms with Crippen molar-refractivity contribution in [2.24, 2.45) is 0 Å². The molecule has 0 atom stereocenters. The number of halogens is 1. The van der Waals surface area contributed by atoms with Crippen molar-refractivity contribution in [1.82, 2.24) is 10.1 Å². The topological polar surface area (TPSA) is 114 Å². The molecule has 0 aliphatic carbocycles. The monoisotopic (exact) mass is 452 g/mol. The van der Waals surface area contributed by atoms with Crippen LogP contribution in [0.2, 0.25) is 0 Å². The van der Waals surface area contributed by atoms with E-state index in [1.54, 1.807) is 24.3 Å². The SMILES string of the molecule is CC(=O)Nc1ccc(S(=O)(=O)Nc2cccc(-c3noc(-c4ccc(F)cc4)n3)c2)cc1. The van der Waals surface area contributed by atoms with E-state index in [0.717, 1.165) is 0 Å². The van der Waals surface area contributed by atoms with Crippen LogP contribution in [0.4, 0.5) is 15.8 Å². The van der Waals surface area contributed by atoms with Gasteiger partial charge in [0, 0.05) is 29.4 Å². The second kappa shape index (κ2) is 8.60. The molecule has 0 radical (unpaired) electrons. The Morgan fingerprint density at radius 2 is 1.66 bits per heavy atom. The number of amides is 1. The first-order valence-electron chi connectivity index (χ1n) is 9.41. The number of carbonyl (C=O) groups excluding carboxylic acids is 1. The van der Waals surface area contributed by atoms with Gasteiger partial charge in [0.25, 0.3) is 15.9 Å². The van der Waals surface area contributed by atoms with E-state index in [2.05, 4.69) is 20.2 Å². The van der Waals surface area contributed by atoms with Crippen molar-refractivity contribution in [2.75, 3.05) is 10.0 Å². The smallest absolute Gasteiger partial charge is 0.261 e. The van der Waals surface area contributed by atoms with Gasteiger partial charge in [0.15, 0.2) is 0 Å². The number of hydrogen-bond donors (Lipinski definition) is 2. The molecule has 4 rings (SSSR count). The van der Waals surface area contributed by atoms with Gasteiger partial charge in [0.05, 0.1) is 4.90 Å². The lowest BCUT2D eigenvalue weighted by Gasteiger charge is -2.09. The van der Waals surface area contributed by atoms with Crippen LogP contribution in [-0.4, -0.2) is 24.5 Å². The molecule has 0 saturated carbocycles. The number of sulfonamides is 1. The van der Waals surface area contributed by atoms with E-state index in [9.17, 15) is 17.6 Å². The fourth-order valence-corrected chi connectivity index (χ4v) is 3.96. The highest BCUT2D eigenvalue weighted by Crippen LogP contribution is 2.25. The van der Waals surface area contributed by atoms with Crippen LogP contribution in [0.1, 0.15) is 6.92 Å². The summed E-state index contributed by atoms with van der Waals surface area (Å²) in [5.74, 6) is -0.159. The van der Waals surface area contributed by atoms with E-state index in [0.29, 0.717) is 22.5 Å². The minimum atomic E-state index is -3.86. The zero-order valence-electron chi connectivity index (χ0n) is 16.7. The van der Waals surface area contributed by atoms with Gasteiger partial charge in [-0.05, 0) is 60.7 Å². The summed E-state index contributed by atoms with van der Waals surface area (Å²) in [6.45, 7) is 1.37. The van der Waals surface area contributed by atoms with Crippen molar-refractivity contribution in [1.29, 1.82) is 0 Å². The fourth-order valence-electron chi connectivity index (χ4n) is 2.91. The predicted molar refractivity (Wildman–Crippen MR) is 117 cm³/mol. The van der Waals surface area contributed by atoms with Gasteiger partial charge in [-0.1, -0.05) is 17.3 Å². The average molecular weight is 452 g/mol. The summed E-state index contributed by atoms with van der Waals surface area (Å²) in [5, 5.41) is 6.50. The molecule has 0 bridgehead atoms. The molecule has 1 amide bonds. The Balaban J connectivity index is 1.54. The maximum absolute atomic E-state index is 13.1. The molecule has 162 valence electrons. The first kappa shape index (κ1) is 21.2. The van der Waals surface area contributed by atoms with Crippen molar-refractivity contribution in [3.63, 3.8) is 0 Å². The largest absolute Gasteiger partial charge is 0.334 e. The highest BCUT2D eigenvalue weighted by molar-refractivity contribution is 7.92. The number of nitrogens with zero attached hydrogens (tertiary/aromatic N) is 2. The summed E-state index contributed by atoms with van der Waals surface area (Å²) in [4.78, 5) is 15.4. The van der Waals surface area contributed by atoms with Crippen LogP contribution in [0, 0.1) is 5.82 Å². The predicted octanol–water partition coefficient (Wildman–Crippen LogP) is 4.30. The van der Waals surface area contributed by atoms with Crippen LogP contribution in [-0.2, 0) is 14.8 Å². The molecule has 0 saturated heterocycles. The molecule has 1 aromatic heterocycles. The number of hydrogen-bond acceptors (Lipinski definition) is 6. The van der Waals surface area contributed by atoms with Crippen LogP contribution in [0.3, 0.4) is 0 Å². The lowest BCUT2D eigenvalue weighted by molar-refractivity contribution is -0.114. The van der Waals surface area contributed by atoms with E-state index in [1.807, 2.05) is 0 Å². The Morgan fingerprint density at radius 1 is 0.938 bits per heavy atom. The quantitative estimate of drug-likeness (QED) is 0.451. The van der Waals surface area contributed by atoms with Crippen molar-refractivity contribution in [3.05, 3.63) is 78.6 Å². The molecule has 0 unspecified atom stereocenters. The molecule has 0 fully saturated rings. The van der Waals surface area contributed by atoms with Crippen LogP contribution < -0.4 is 10.0 Å². The summed E-state index contributed by atoms with van der Waals surface area (Å²) in [7, 11) is -3.86. The Morgan fingerprint density at radius 3 is 2.34 bits per heavy atom. The molecule has 8 nitrogen and oxygen atoms in total. The normalized spacial score (nSPS) is 11.2. The third kappa shape index (κ3) is 4.81. The number of anilines is 2. The molecular weight excluding hydrogens is 435 g/mol. The van der Waals surface area contributed by atoms with Gasteiger partial charge in [-0.15, -0.1) is 0 Å². The third-order valence-corrected chi connectivity index (χ3v) is 5.77. The molecule has 3 aromatic carbocycles. The van der Waals surface area contributed by atoms with Gasteiger partial charge in [-0.25, -0.2) is 12.8 Å². The summed E-state index contributed by atoms with van der Waals surface area (Å²) in [5.41, 5.74) is 1.89. The minimum absolute atomic E-state index is 0.0372. The highest BCUT2D eigenvalue weighted by atomic mass is 32.2. The highest BCUT2D eigenvalue weighted by Gasteiger charge is 2.16. The first-order chi connectivity index (χ1) is 15.3. The van der Waals surface area contributed by atoms with Gasteiger partial charge in [0.2, 0.25) is 11.7 Å². The van der Waals surface area contributed by atoms with Gasteiger partial charge in [-0.3, -0.25) is 9.52 Å². The van der Waals surface area contributed by atoms with Crippen LogP contribution in [0.5, 0.6) is 0 Å². The van der Waals surface area contributed by atoms with Crippen molar-refractivity contribution >= 4 is 27.3 Å². The summed E-state index contributed by atoms with van der Waals surface area (Å²) in [6.07, 6.45) is 0. The molecule has 4 aromatic rings. The van der Waals surface area contributed by atoms with E-state index < -0.39 is 10.0 Å². The zero-order chi connectivity index (χ0) is 22.7. The number of nitrogens with one attached hydrogen (secondary N) is 2. The molecule has 10 heteroatoms. The third-order valence-electron chi connectivity index (χ3n) is 4.38. The summed E-state index contributed by atoms with van der Waals surface area (Å²) < 4.78 is 46.3. The zero-order valence-corrected chi connectivity index (χ0v) is 17.6. The maximum Gasteiger partial charge on any atom is 0.261 e. The van der Waals surface area contributed by atoms with Crippen LogP contribution in [0.25, 0.3) is 22.8 Å². The summed E-state index contributed by atoms with van der Waals surface area (Å²) >= 11 is 0. The molecule has 0 spiro atoms. The van der Waals surface area contributed by atoms with Crippen LogP contribution in [0.15, 0.2) is 82.2 Å². The van der Waals surface area contributed by atoms with Crippen molar-refractivity contribution < 1.29 is 22.1 Å². The van der Waals surface area contributed by atoms with Gasteiger partial charge in [-0.2, -0.15) is 4.98 Å². The lowest BCUT2D eigenvalue weighted by atomic mass is 10.2. The van der Waals surface area contributed by atoms with Crippen molar-refractivity contribution in [3.8, 4) is 22.8 Å². The summed E-state index contributed by atoms with van der Waals surface area (Å²) in [6, 6.07) is 17.9.